The van der Waals surface area contributed by atoms with Gasteiger partial charge in [-0.05, 0) is 125 Å². The van der Waals surface area contributed by atoms with Crippen molar-refractivity contribution in [3.05, 3.63) is 118 Å². The van der Waals surface area contributed by atoms with Crippen molar-refractivity contribution in [2.24, 2.45) is 11.8 Å². The molecule has 0 spiro atoms. The number of H-pyrrole nitrogens is 2. The molecule has 18 nitrogen and oxygen atoms in total. The highest BCUT2D eigenvalue weighted by Gasteiger charge is 2.44. The van der Waals surface area contributed by atoms with Crippen LogP contribution < -0.4 is 20.4 Å². The van der Waals surface area contributed by atoms with Crippen molar-refractivity contribution >= 4 is 57.4 Å². The molecule has 0 radical (unpaired) electrons. The number of piperidine rings is 1. The van der Waals surface area contributed by atoms with Crippen LogP contribution in [-0.4, -0.2) is 133 Å². The second kappa shape index (κ2) is 24.0. The predicted octanol–water partition coefficient (Wildman–Crippen LogP) is 10.1. The number of amides is 4. The van der Waals surface area contributed by atoms with Gasteiger partial charge in [-0.2, -0.15) is 0 Å². The minimum absolute atomic E-state index is 0.101. The summed E-state index contributed by atoms with van der Waals surface area (Å²) in [6, 6.07) is 14.1. The monoisotopic (exact) mass is 1150 g/mol. The number of nitrogens with one attached hydrogen (secondary N) is 4. The summed E-state index contributed by atoms with van der Waals surface area (Å²) < 4.78 is 89.1. The minimum atomic E-state index is -0.857. The van der Waals surface area contributed by atoms with Crippen LogP contribution in [0.5, 0.6) is 0 Å². The fraction of sp³-hybridized carbons (Fsp3) is 0.508. The SMILES string of the molecule is COC(=O)N[C@H](C(=O)N1CCC[C@H]1c1nc2cc(F)c([C@H]3CC[C@H](c4cc5[nH]c([C@@H]6CCCN6C(=O)[C@@H](NC(=O)OC)C6CCOCC6)nc5cc4F)N3c3cc(F)c(N4CCC(c5ccccc5)CC4)c(F)c3)cc2[nH]1)C1CCOCC1. The zero-order valence-corrected chi connectivity index (χ0v) is 46.7. The van der Waals surface area contributed by atoms with Gasteiger partial charge in [0.1, 0.15) is 41.1 Å². The van der Waals surface area contributed by atoms with Crippen LogP contribution >= 0.6 is 0 Å². The number of aromatic nitrogens is 4. The summed E-state index contributed by atoms with van der Waals surface area (Å²) in [4.78, 5) is 77.2. The average molecular weight is 1150 g/mol. The van der Waals surface area contributed by atoms with E-state index in [1.807, 2.05) is 18.2 Å². The Morgan fingerprint density at radius 3 is 1.47 bits per heavy atom. The van der Waals surface area contributed by atoms with Gasteiger partial charge in [-0.1, -0.05) is 30.3 Å². The molecule has 0 saturated carbocycles. The molecule has 12 rings (SSSR count). The van der Waals surface area contributed by atoms with Crippen molar-refractivity contribution in [3.63, 3.8) is 0 Å². The second-order valence-electron chi connectivity index (χ2n) is 23.0. The van der Waals surface area contributed by atoms with Crippen molar-refractivity contribution in [2.45, 2.75) is 119 Å². The van der Waals surface area contributed by atoms with E-state index in [1.165, 1.54) is 44.0 Å². The number of anilines is 2. The van der Waals surface area contributed by atoms with Crippen LogP contribution in [0.25, 0.3) is 22.1 Å². The number of carbonyl (C=O) groups is 4. The van der Waals surface area contributed by atoms with Gasteiger partial charge in [0.05, 0.1) is 60.5 Å². The molecule has 2 aromatic heterocycles. The summed E-state index contributed by atoms with van der Waals surface area (Å²) in [6.45, 7) is 3.51. The first-order chi connectivity index (χ1) is 40.3. The average Bonchev–Trinajstić information content (AvgIpc) is 4.51. The Balaban J connectivity index is 0.871. The summed E-state index contributed by atoms with van der Waals surface area (Å²) in [5.41, 5.74) is 3.08. The largest absolute Gasteiger partial charge is 0.453 e. The van der Waals surface area contributed by atoms with Gasteiger partial charge in [-0.15, -0.1) is 0 Å². The summed E-state index contributed by atoms with van der Waals surface area (Å²) in [5.74, 6) is -2.62. The number of ether oxygens (including phenoxy) is 4. The van der Waals surface area contributed by atoms with E-state index in [0.717, 1.165) is 0 Å². The van der Waals surface area contributed by atoms with Crippen molar-refractivity contribution in [1.29, 1.82) is 0 Å². The summed E-state index contributed by atoms with van der Waals surface area (Å²) in [7, 11) is 2.50. The lowest BCUT2D eigenvalue weighted by atomic mass is 9.89. The number of nitrogens with zero attached hydrogens (tertiary/aromatic N) is 6. The molecule has 6 aliphatic heterocycles. The van der Waals surface area contributed by atoms with E-state index in [4.69, 9.17) is 28.9 Å². The first kappa shape index (κ1) is 56.0. The molecule has 0 aliphatic carbocycles. The molecular formula is C61H70F4N10O8. The van der Waals surface area contributed by atoms with Crippen LogP contribution in [0.1, 0.15) is 135 Å². The number of fused-ring (bicyclic) bond motifs is 2. The zero-order valence-electron chi connectivity index (χ0n) is 46.7. The smallest absolute Gasteiger partial charge is 0.407 e. The Labute approximate surface area is 477 Å². The van der Waals surface area contributed by atoms with Gasteiger partial charge < -0.3 is 59.1 Å². The van der Waals surface area contributed by atoms with E-state index < -0.39 is 71.7 Å². The molecule has 4 N–H and O–H groups in total. The van der Waals surface area contributed by atoms with E-state index in [1.54, 1.807) is 31.7 Å². The van der Waals surface area contributed by atoms with Gasteiger partial charge in [0.2, 0.25) is 11.8 Å². The van der Waals surface area contributed by atoms with E-state index in [2.05, 4.69) is 32.7 Å². The number of benzene rings is 4. The first-order valence-corrected chi connectivity index (χ1v) is 29.3. The molecule has 8 heterocycles. The van der Waals surface area contributed by atoms with Crippen molar-refractivity contribution in [2.75, 3.05) is 76.6 Å². The molecule has 6 aliphatic rings. The van der Waals surface area contributed by atoms with Gasteiger partial charge in [-0.25, -0.2) is 37.1 Å². The molecule has 0 bridgehead atoms. The zero-order chi connectivity index (χ0) is 57.5. The standard InChI is InChI=1S/C61H70F4N10O8/c1-80-60(78)70-53(36-16-24-82-25-17-36)58(76)73-20-6-10-51(73)56-66-45-30-39(41(62)32-47(45)68-56)49-12-13-50(75(49)38-28-43(64)55(44(65)29-38)72-22-14-35(15-23-72)34-8-4-3-5-9-34)40-31-46-48(33-42(40)63)69-57(67-46)52-11-7-21-74(52)59(77)54(71-61(79)81-2)37-18-26-83-27-19-37/h3-5,8-9,28-33,35-37,49-54H,6-7,10-27H2,1-2H3,(H,66,68)(H,67,69)(H,70,78)(H,71,79)/t49-,50-,51+,52+,53+,54+/m1/s1. The normalized spacial score (nSPS) is 22.8. The van der Waals surface area contributed by atoms with Crippen LogP contribution in [0.2, 0.25) is 0 Å². The lowest BCUT2D eigenvalue weighted by Gasteiger charge is -2.36. The van der Waals surface area contributed by atoms with Crippen LogP contribution in [0.15, 0.2) is 66.7 Å². The quantitative estimate of drug-likeness (QED) is 0.0800. The number of methoxy groups -OCH3 is 2. The summed E-state index contributed by atoms with van der Waals surface area (Å²) in [6.07, 6.45) is 5.25. The summed E-state index contributed by atoms with van der Waals surface area (Å²) >= 11 is 0. The fourth-order valence-corrected chi connectivity index (χ4v) is 14.1. The Morgan fingerprint density at radius 2 is 1.02 bits per heavy atom. The number of rotatable bonds is 13. The third-order valence-corrected chi connectivity index (χ3v) is 18.3. The summed E-state index contributed by atoms with van der Waals surface area (Å²) in [5, 5.41) is 5.55. The maximum atomic E-state index is 17.1. The minimum Gasteiger partial charge on any atom is -0.453 e. The van der Waals surface area contributed by atoms with Crippen molar-refractivity contribution < 1.29 is 55.7 Å². The Morgan fingerprint density at radius 1 is 0.566 bits per heavy atom. The van der Waals surface area contributed by atoms with Crippen LogP contribution in [-0.2, 0) is 28.5 Å². The maximum absolute atomic E-state index is 17.1. The van der Waals surface area contributed by atoms with Gasteiger partial charge >= 0.3 is 12.2 Å². The third kappa shape index (κ3) is 11.2. The number of aromatic amines is 2. The highest BCUT2D eigenvalue weighted by atomic mass is 19.1. The molecular weight excluding hydrogens is 1080 g/mol. The van der Waals surface area contributed by atoms with E-state index in [9.17, 15) is 19.2 Å². The number of likely N-dealkylation sites (tertiary alicyclic amines) is 2. The highest BCUT2D eigenvalue weighted by Crippen LogP contribution is 2.50. The van der Waals surface area contributed by atoms with Crippen molar-refractivity contribution in [1.82, 2.24) is 40.4 Å². The third-order valence-electron chi connectivity index (χ3n) is 18.3. The molecule has 6 saturated heterocycles. The molecule has 440 valence electrons. The number of carbonyl (C=O) groups excluding carboxylic acids is 4. The van der Waals surface area contributed by atoms with E-state index in [0.29, 0.717) is 151 Å². The lowest BCUT2D eigenvalue weighted by Crippen LogP contribution is -2.53. The predicted molar refractivity (Wildman–Crippen MR) is 299 cm³/mol. The topological polar surface area (TPSA) is 200 Å². The molecule has 4 amide bonds. The highest BCUT2D eigenvalue weighted by molar-refractivity contribution is 5.88. The van der Waals surface area contributed by atoms with Gasteiger partial charge in [0, 0.05) is 81.6 Å². The second-order valence-corrected chi connectivity index (χ2v) is 23.0. The molecule has 6 atom stereocenters. The number of imidazole rings is 2. The van der Waals surface area contributed by atoms with Crippen molar-refractivity contribution in [3.8, 4) is 0 Å². The first-order valence-electron chi connectivity index (χ1n) is 29.3. The lowest BCUT2D eigenvalue weighted by molar-refractivity contribution is -0.137. The Hall–Kier alpha value is -7.46. The Bertz CT molecular complexity index is 3180. The van der Waals surface area contributed by atoms with Gasteiger partial charge in [0.25, 0.3) is 0 Å². The van der Waals surface area contributed by atoms with Gasteiger partial charge in [-0.3, -0.25) is 9.59 Å². The Kier molecular flexibility index (Phi) is 16.2. The molecule has 6 fully saturated rings. The number of alkyl carbamates (subject to hydrolysis) is 2. The fourth-order valence-electron chi connectivity index (χ4n) is 14.1. The van der Waals surface area contributed by atoms with E-state index in [-0.39, 0.29) is 64.9 Å². The van der Waals surface area contributed by atoms with E-state index >= 15 is 17.6 Å². The van der Waals surface area contributed by atoms with Crippen LogP contribution in [0, 0.1) is 35.1 Å². The number of halogens is 4. The molecule has 22 heteroatoms. The number of hydrogen-bond acceptors (Lipinski definition) is 12. The van der Waals surface area contributed by atoms with Crippen LogP contribution in [0.4, 0.5) is 38.5 Å². The van der Waals surface area contributed by atoms with Gasteiger partial charge in [0.15, 0.2) is 11.6 Å². The molecule has 6 aromatic rings. The van der Waals surface area contributed by atoms with Crippen LogP contribution in [0.3, 0.4) is 0 Å². The molecule has 0 unspecified atom stereocenters. The maximum Gasteiger partial charge on any atom is 0.407 e. The molecule has 83 heavy (non-hydrogen) atoms. The number of hydrogen-bond donors (Lipinski definition) is 4. The molecule has 4 aromatic carbocycles.